The van der Waals surface area contributed by atoms with Gasteiger partial charge in [0.25, 0.3) is 0 Å². The van der Waals surface area contributed by atoms with E-state index in [1.807, 2.05) is 13.0 Å². The van der Waals surface area contributed by atoms with Crippen molar-refractivity contribution in [3.63, 3.8) is 0 Å². The van der Waals surface area contributed by atoms with Crippen molar-refractivity contribution in [2.45, 2.75) is 32.7 Å². The molecule has 0 radical (unpaired) electrons. The molecule has 0 bridgehead atoms. The molecule has 1 fully saturated rings. The highest BCUT2D eigenvalue weighted by molar-refractivity contribution is 5.69. The van der Waals surface area contributed by atoms with Crippen LogP contribution in [0.1, 0.15) is 25.5 Å². The summed E-state index contributed by atoms with van der Waals surface area (Å²) in [5.41, 5.74) is 3.37. The lowest BCUT2D eigenvalue weighted by atomic mass is 10.1. The number of benzene rings is 1. The third-order valence-electron chi connectivity index (χ3n) is 5.91. The molecule has 1 saturated heterocycles. The third-order valence-corrected chi connectivity index (χ3v) is 5.91. The second-order valence-corrected chi connectivity index (χ2v) is 8.09. The van der Waals surface area contributed by atoms with E-state index < -0.39 is 0 Å². The molecule has 1 N–H and O–H groups in total. The second-order valence-electron chi connectivity index (χ2n) is 8.09. The molecule has 0 spiro atoms. The molecule has 2 aromatic heterocycles. The standard InChI is InChI=1S/C23H27N7O.H2/c1-16-5-3-4-6-19(16)30-11-12-31-20-14-24-23(28-22(20)30)27-18-7-9-29(10-8-18)21-13-17(2)25-15-26-21;/h3-6,13-15,18H,7-12H2,1-2H3,(H,24,27,28);1H. The predicted octanol–water partition coefficient (Wildman–Crippen LogP) is 3.74. The Bertz CT molecular complexity index is 1070. The number of nitrogens with one attached hydrogen (secondary N) is 1. The molecule has 0 aliphatic carbocycles. The van der Waals surface area contributed by atoms with Gasteiger partial charge in [0, 0.05) is 38.0 Å². The molecule has 0 atom stereocenters. The third kappa shape index (κ3) is 4.10. The second kappa shape index (κ2) is 8.37. The summed E-state index contributed by atoms with van der Waals surface area (Å²) in [4.78, 5) is 22.5. The first-order chi connectivity index (χ1) is 15.2. The van der Waals surface area contributed by atoms with Crippen LogP contribution in [-0.2, 0) is 0 Å². The van der Waals surface area contributed by atoms with Crippen LogP contribution in [-0.4, -0.2) is 52.2 Å². The van der Waals surface area contributed by atoms with E-state index in [-0.39, 0.29) is 1.43 Å². The van der Waals surface area contributed by atoms with E-state index in [2.05, 4.69) is 61.3 Å². The van der Waals surface area contributed by atoms with Crippen LogP contribution in [0.15, 0.2) is 42.9 Å². The van der Waals surface area contributed by atoms with Crippen molar-refractivity contribution in [1.29, 1.82) is 0 Å². The van der Waals surface area contributed by atoms with Crippen LogP contribution in [0.3, 0.4) is 0 Å². The molecule has 2 aliphatic rings. The van der Waals surface area contributed by atoms with Gasteiger partial charge < -0.3 is 19.9 Å². The average Bonchev–Trinajstić information content (AvgIpc) is 2.80. The van der Waals surface area contributed by atoms with Gasteiger partial charge in [-0.15, -0.1) is 0 Å². The maximum absolute atomic E-state index is 5.82. The lowest BCUT2D eigenvalue weighted by Crippen LogP contribution is -2.40. The molecule has 0 saturated carbocycles. The molecule has 5 rings (SSSR count). The molecule has 8 nitrogen and oxygen atoms in total. The van der Waals surface area contributed by atoms with Gasteiger partial charge in [-0.05, 0) is 38.3 Å². The van der Waals surface area contributed by atoms with Crippen molar-refractivity contribution in [2.24, 2.45) is 0 Å². The Morgan fingerprint density at radius 2 is 1.90 bits per heavy atom. The maximum Gasteiger partial charge on any atom is 0.225 e. The number of rotatable bonds is 4. The Labute approximate surface area is 183 Å². The molecule has 0 amide bonds. The van der Waals surface area contributed by atoms with Crippen LogP contribution in [0.25, 0.3) is 0 Å². The largest absolute Gasteiger partial charge is 0.486 e. The number of piperidine rings is 1. The smallest absolute Gasteiger partial charge is 0.225 e. The number of aryl methyl sites for hydroxylation is 2. The van der Waals surface area contributed by atoms with Crippen LogP contribution >= 0.6 is 0 Å². The van der Waals surface area contributed by atoms with Crippen molar-refractivity contribution < 1.29 is 6.16 Å². The van der Waals surface area contributed by atoms with Gasteiger partial charge in [0.1, 0.15) is 18.8 Å². The van der Waals surface area contributed by atoms with Crippen molar-refractivity contribution in [2.75, 3.05) is 41.4 Å². The highest BCUT2D eigenvalue weighted by Crippen LogP contribution is 2.36. The van der Waals surface area contributed by atoms with E-state index in [9.17, 15) is 0 Å². The maximum atomic E-state index is 5.82. The summed E-state index contributed by atoms with van der Waals surface area (Å²) in [6, 6.07) is 10.7. The summed E-state index contributed by atoms with van der Waals surface area (Å²) in [6.07, 6.45) is 5.43. The fraction of sp³-hybridized carbons (Fsp3) is 0.391. The van der Waals surface area contributed by atoms with Crippen LogP contribution < -0.4 is 19.9 Å². The van der Waals surface area contributed by atoms with Gasteiger partial charge in [-0.1, -0.05) is 18.2 Å². The molecule has 4 heterocycles. The van der Waals surface area contributed by atoms with Crippen LogP contribution in [0, 0.1) is 13.8 Å². The van der Waals surface area contributed by atoms with E-state index in [0.29, 0.717) is 18.6 Å². The number of fused-ring (bicyclic) bond motifs is 1. The van der Waals surface area contributed by atoms with E-state index >= 15 is 0 Å². The minimum atomic E-state index is 0. The highest BCUT2D eigenvalue weighted by atomic mass is 16.5. The molecule has 0 unspecified atom stereocenters. The topological polar surface area (TPSA) is 79.3 Å². The Morgan fingerprint density at radius 1 is 1.06 bits per heavy atom. The Morgan fingerprint density at radius 3 is 2.71 bits per heavy atom. The quantitative estimate of drug-likeness (QED) is 0.685. The number of nitrogens with zero attached hydrogens (tertiary/aromatic N) is 6. The van der Waals surface area contributed by atoms with Crippen LogP contribution in [0.5, 0.6) is 5.75 Å². The normalized spacial score (nSPS) is 16.6. The monoisotopic (exact) mass is 419 g/mol. The van der Waals surface area contributed by atoms with Gasteiger partial charge in [0.05, 0.1) is 12.7 Å². The van der Waals surface area contributed by atoms with Gasteiger partial charge in [0.15, 0.2) is 11.6 Å². The van der Waals surface area contributed by atoms with Gasteiger partial charge in [-0.25, -0.2) is 15.0 Å². The first-order valence-electron chi connectivity index (χ1n) is 10.8. The Kier molecular flexibility index (Phi) is 5.28. The van der Waals surface area contributed by atoms with Crippen molar-refractivity contribution in [3.8, 4) is 5.75 Å². The number of ether oxygens (including phenoxy) is 1. The summed E-state index contributed by atoms with van der Waals surface area (Å²) in [5.74, 6) is 3.21. The van der Waals surface area contributed by atoms with Gasteiger partial charge >= 0.3 is 0 Å². The molecule has 2 aliphatic heterocycles. The van der Waals surface area contributed by atoms with Gasteiger partial charge in [-0.2, -0.15) is 4.98 Å². The van der Waals surface area contributed by atoms with Gasteiger partial charge in [-0.3, -0.25) is 0 Å². The number of para-hydroxylation sites is 1. The summed E-state index contributed by atoms with van der Waals surface area (Å²) in [7, 11) is 0. The van der Waals surface area contributed by atoms with E-state index in [1.54, 1.807) is 12.5 Å². The van der Waals surface area contributed by atoms with Crippen molar-refractivity contribution in [3.05, 3.63) is 54.1 Å². The van der Waals surface area contributed by atoms with Gasteiger partial charge in [0.2, 0.25) is 5.95 Å². The molecule has 31 heavy (non-hydrogen) atoms. The first-order valence-corrected chi connectivity index (χ1v) is 10.8. The Hall–Kier alpha value is -3.42. The number of hydrogen-bond donors (Lipinski definition) is 1. The van der Waals surface area contributed by atoms with E-state index in [4.69, 9.17) is 9.72 Å². The molecule has 162 valence electrons. The number of anilines is 4. The molecule has 1 aromatic carbocycles. The summed E-state index contributed by atoms with van der Waals surface area (Å²) in [6.45, 7) is 7.40. The van der Waals surface area contributed by atoms with E-state index in [0.717, 1.165) is 61.2 Å². The summed E-state index contributed by atoms with van der Waals surface area (Å²) in [5, 5.41) is 3.54. The molecule has 8 heteroatoms. The van der Waals surface area contributed by atoms with Crippen molar-refractivity contribution in [1.82, 2.24) is 19.9 Å². The van der Waals surface area contributed by atoms with Crippen molar-refractivity contribution >= 4 is 23.3 Å². The lowest BCUT2D eigenvalue weighted by Gasteiger charge is -2.34. The fourth-order valence-corrected chi connectivity index (χ4v) is 4.23. The minimum absolute atomic E-state index is 0. The summed E-state index contributed by atoms with van der Waals surface area (Å²) >= 11 is 0. The fourth-order valence-electron chi connectivity index (χ4n) is 4.23. The SMILES string of the molecule is Cc1cc(N2CCC(Nc3ncc4c(n3)N(c3ccccc3C)CCO4)CC2)ncn1.[HH]. The minimum Gasteiger partial charge on any atom is -0.486 e. The summed E-state index contributed by atoms with van der Waals surface area (Å²) < 4.78 is 5.82. The zero-order valence-corrected chi connectivity index (χ0v) is 18.0. The molecular formula is C23H29N7O. The van der Waals surface area contributed by atoms with E-state index in [1.165, 1.54) is 5.56 Å². The lowest BCUT2D eigenvalue weighted by molar-refractivity contribution is 0.310. The highest BCUT2D eigenvalue weighted by Gasteiger charge is 2.25. The van der Waals surface area contributed by atoms with Crippen LogP contribution in [0.2, 0.25) is 0 Å². The first kappa shape index (κ1) is 19.5. The predicted molar refractivity (Wildman–Crippen MR) is 123 cm³/mol. The number of hydrogen-bond acceptors (Lipinski definition) is 8. The Balaban J connectivity index is 0.00000245. The number of aromatic nitrogens is 4. The molecule has 3 aromatic rings. The average molecular weight is 420 g/mol. The van der Waals surface area contributed by atoms with Crippen LogP contribution in [0.4, 0.5) is 23.3 Å². The zero-order valence-electron chi connectivity index (χ0n) is 18.0. The molecular weight excluding hydrogens is 390 g/mol. The zero-order chi connectivity index (χ0) is 21.2.